The molecular formula is C25H32N2O3. The van der Waals surface area contributed by atoms with Crippen LogP contribution in [0.4, 0.5) is 5.69 Å². The number of nitrogens with zero attached hydrogens (tertiary/aromatic N) is 2. The lowest BCUT2D eigenvalue weighted by molar-refractivity contribution is -0.147. The molecule has 0 aromatic heterocycles. The summed E-state index contributed by atoms with van der Waals surface area (Å²) in [4.78, 5) is 28.2. The first-order valence-electron chi connectivity index (χ1n) is 10.9. The summed E-state index contributed by atoms with van der Waals surface area (Å²) < 4.78 is 0. The summed E-state index contributed by atoms with van der Waals surface area (Å²) in [6.45, 7) is 8.60. The molecule has 1 N–H and O–H groups in total. The summed E-state index contributed by atoms with van der Waals surface area (Å²) in [6, 6.07) is 16.8. The highest BCUT2D eigenvalue weighted by molar-refractivity contribution is 5.80. The summed E-state index contributed by atoms with van der Waals surface area (Å²) in [7, 11) is 0. The van der Waals surface area contributed by atoms with E-state index in [2.05, 4.69) is 55.1 Å². The van der Waals surface area contributed by atoms with Crippen LogP contribution < -0.4 is 4.90 Å². The molecule has 3 rings (SSSR count). The van der Waals surface area contributed by atoms with Crippen molar-refractivity contribution >= 4 is 17.6 Å². The molecule has 160 valence electrons. The Hall–Kier alpha value is -2.82. The molecule has 2 atom stereocenters. The number of hydrogen-bond donors (Lipinski definition) is 1. The molecule has 1 fully saturated rings. The fourth-order valence-corrected chi connectivity index (χ4v) is 4.20. The van der Waals surface area contributed by atoms with Crippen molar-refractivity contribution < 1.29 is 14.7 Å². The second kappa shape index (κ2) is 9.79. The van der Waals surface area contributed by atoms with E-state index in [-0.39, 0.29) is 11.9 Å². The van der Waals surface area contributed by atoms with E-state index < -0.39 is 11.9 Å². The summed E-state index contributed by atoms with van der Waals surface area (Å²) in [5.74, 6) is -1.26. The van der Waals surface area contributed by atoms with E-state index in [1.54, 1.807) is 4.90 Å². The molecule has 1 aliphatic rings. The number of rotatable bonds is 7. The number of amides is 1. The number of carbonyl (C=O) groups excluding carboxylic acids is 1. The first-order valence-corrected chi connectivity index (χ1v) is 10.9. The van der Waals surface area contributed by atoms with Gasteiger partial charge in [0.1, 0.15) is 0 Å². The van der Waals surface area contributed by atoms with Crippen molar-refractivity contribution in [2.24, 2.45) is 5.92 Å². The number of piperidine rings is 1. The van der Waals surface area contributed by atoms with Crippen LogP contribution >= 0.6 is 0 Å². The van der Waals surface area contributed by atoms with Gasteiger partial charge >= 0.3 is 5.97 Å². The largest absolute Gasteiger partial charge is 0.481 e. The van der Waals surface area contributed by atoms with Crippen LogP contribution in [0.1, 0.15) is 39.2 Å². The van der Waals surface area contributed by atoms with Gasteiger partial charge in [-0.05, 0) is 62.4 Å². The minimum atomic E-state index is -0.809. The Balaban J connectivity index is 1.65. The van der Waals surface area contributed by atoms with Crippen molar-refractivity contribution in [3.05, 3.63) is 54.1 Å². The highest BCUT2D eigenvalue weighted by Gasteiger charge is 2.32. The van der Waals surface area contributed by atoms with Gasteiger partial charge in [-0.3, -0.25) is 9.59 Å². The normalized spacial score (nSPS) is 18.8. The lowest BCUT2D eigenvalue weighted by Gasteiger charge is -2.36. The molecule has 1 aliphatic heterocycles. The molecule has 30 heavy (non-hydrogen) atoms. The van der Waals surface area contributed by atoms with Crippen molar-refractivity contribution in [1.82, 2.24) is 4.90 Å². The van der Waals surface area contributed by atoms with Gasteiger partial charge in [0.2, 0.25) is 5.91 Å². The minimum absolute atomic E-state index is 0.00442. The molecular weight excluding hydrogens is 376 g/mol. The van der Waals surface area contributed by atoms with Gasteiger partial charge in [0.05, 0.1) is 12.3 Å². The summed E-state index contributed by atoms with van der Waals surface area (Å²) in [5, 5.41) is 9.29. The first kappa shape index (κ1) is 21.9. The smallest absolute Gasteiger partial charge is 0.308 e. The average molecular weight is 409 g/mol. The number of carboxylic acids is 1. The van der Waals surface area contributed by atoms with Crippen molar-refractivity contribution in [3.63, 3.8) is 0 Å². The van der Waals surface area contributed by atoms with Crippen LogP contribution in [0.5, 0.6) is 0 Å². The average Bonchev–Trinajstić information content (AvgIpc) is 2.76. The Labute approximate surface area is 179 Å². The number of likely N-dealkylation sites (tertiary alicyclic amines) is 1. The molecule has 0 bridgehead atoms. The summed E-state index contributed by atoms with van der Waals surface area (Å²) in [6.07, 6.45) is 1.69. The Morgan fingerprint density at radius 1 is 0.967 bits per heavy atom. The number of anilines is 1. The zero-order valence-corrected chi connectivity index (χ0v) is 18.2. The molecule has 0 radical (unpaired) electrons. The maximum absolute atomic E-state index is 12.8. The van der Waals surface area contributed by atoms with E-state index >= 15 is 0 Å². The van der Waals surface area contributed by atoms with Gasteiger partial charge in [-0.2, -0.15) is 0 Å². The fourth-order valence-electron chi connectivity index (χ4n) is 4.20. The second-order valence-electron chi connectivity index (χ2n) is 8.10. The molecule has 1 amide bonds. The zero-order valence-electron chi connectivity index (χ0n) is 18.2. The van der Waals surface area contributed by atoms with E-state index in [4.69, 9.17) is 0 Å². The Kier molecular flexibility index (Phi) is 7.14. The van der Waals surface area contributed by atoms with Gasteiger partial charge in [-0.25, -0.2) is 0 Å². The Bertz CT molecular complexity index is 857. The highest BCUT2D eigenvalue weighted by atomic mass is 16.4. The van der Waals surface area contributed by atoms with Crippen LogP contribution in [-0.2, 0) is 16.0 Å². The molecule has 2 aromatic rings. The Morgan fingerprint density at radius 2 is 1.53 bits per heavy atom. The predicted octanol–water partition coefficient (Wildman–Crippen LogP) is 4.45. The van der Waals surface area contributed by atoms with Crippen LogP contribution in [0.15, 0.2) is 48.5 Å². The van der Waals surface area contributed by atoms with Gasteiger partial charge in [0.15, 0.2) is 0 Å². The van der Waals surface area contributed by atoms with E-state index in [0.717, 1.165) is 36.2 Å². The fraction of sp³-hybridized carbons (Fsp3) is 0.440. The van der Waals surface area contributed by atoms with E-state index in [1.165, 1.54) is 5.69 Å². The predicted molar refractivity (Wildman–Crippen MR) is 121 cm³/mol. The number of benzene rings is 2. The van der Waals surface area contributed by atoms with Crippen LogP contribution in [0.2, 0.25) is 0 Å². The van der Waals surface area contributed by atoms with Gasteiger partial charge in [0, 0.05) is 31.4 Å². The van der Waals surface area contributed by atoms with Crippen molar-refractivity contribution in [2.45, 2.75) is 46.1 Å². The SMILES string of the molecule is CCN(CC)c1ccc(-c2ccc(CC(=O)N3C[C@H](C(=O)O)CC[C@@H]3C)cc2)cc1. The maximum atomic E-state index is 12.8. The quantitative estimate of drug-likeness (QED) is 0.735. The molecule has 1 saturated heterocycles. The van der Waals surface area contributed by atoms with E-state index in [0.29, 0.717) is 19.4 Å². The van der Waals surface area contributed by atoms with Gasteiger partial charge < -0.3 is 14.9 Å². The van der Waals surface area contributed by atoms with E-state index in [9.17, 15) is 14.7 Å². The standard InChI is InChI=1S/C25H32N2O3/c1-4-26(5-2)23-14-12-21(13-15-23)20-10-7-19(8-11-20)16-24(28)27-17-22(25(29)30)9-6-18(27)3/h7-8,10-15,18,22H,4-6,9,16-17H2,1-3H3,(H,29,30)/t18-,22+/m0/s1. The van der Waals surface area contributed by atoms with Crippen molar-refractivity contribution in [3.8, 4) is 11.1 Å². The van der Waals surface area contributed by atoms with Crippen LogP contribution in [0.25, 0.3) is 11.1 Å². The number of carbonyl (C=O) groups is 2. The molecule has 0 spiro atoms. The number of aliphatic carboxylic acids is 1. The van der Waals surface area contributed by atoms with E-state index in [1.807, 2.05) is 19.1 Å². The van der Waals surface area contributed by atoms with Gasteiger partial charge in [0.25, 0.3) is 0 Å². The first-order chi connectivity index (χ1) is 14.4. The highest BCUT2D eigenvalue weighted by Crippen LogP contribution is 2.25. The molecule has 5 heteroatoms. The molecule has 0 aliphatic carbocycles. The molecule has 1 heterocycles. The van der Waals surface area contributed by atoms with Crippen LogP contribution in [0, 0.1) is 5.92 Å². The topological polar surface area (TPSA) is 60.9 Å². The maximum Gasteiger partial charge on any atom is 0.308 e. The molecule has 5 nitrogen and oxygen atoms in total. The molecule has 2 aromatic carbocycles. The number of hydrogen-bond acceptors (Lipinski definition) is 3. The lowest BCUT2D eigenvalue weighted by Crippen LogP contribution is -2.47. The Morgan fingerprint density at radius 3 is 2.07 bits per heavy atom. The van der Waals surface area contributed by atoms with Gasteiger partial charge in [-0.15, -0.1) is 0 Å². The lowest BCUT2D eigenvalue weighted by atomic mass is 9.93. The van der Waals surface area contributed by atoms with Crippen molar-refractivity contribution in [2.75, 3.05) is 24.5 Å². The minimum Gasteiger partial charge on any atom is -0.481 e. The van der Waals surface area contributed by atoms with Crippen LogP contribution in [-0.4, -0.2) is 47.6 Å². The molecule has 0 unspecified atom stereocenters. The third-order valence-corrected chi connectivity index (χ3v) is 6.19. The van der Waals surface area contributed by atoms with Gasteiger partial charge in [-0.1, -0.05) is 36.4 Å². The van der Waals surface area contributed by atoms with Crippen LogP contribution in [0.3, 0.4) is 0 Å². The zero-order chi connectivity index (χ0) is 21.7. The third-order valence-electron chi connectivity index (χ3n) is 6.19. The number of carboxylic acid groups (broad SMARTS) is 1. The van der Waals surface area contributed by atoms with Crippen molar-refractivity contribution in [1.29, 1.82) is 0 Å². The summed E-state index contributed by atoms with van der Waals surface area (Å²) in [5.41, 5.74) is 4.45. The second-order valence-corrected chi connectivity index (χ2v) is 8.10. The summed E-state index contributed by atoms with van der Waals surface area (Å²) >= 11 is 0. The monoisotopic (exact) mass is 408 g/mol. The molecule has 0 saturated carbocycles. The third kappa shape index (κ3) is 5.02.